The second-order valence-electron chi connectivity index (χ2n) is 6.10. The maximum absolute atomic E-state index is 12.5. The van der Waals surface area contributed by atoms with Crippen molar-refractivity contribution in [3.05, 3.63) is 58.5 Å². The van der Waals surface area contributed by atoms with Gasteiger partial charge in [0.05, 0.1) is 17.6 Å². The van der Waals surface area contributed by atoms with E-state index in [1.54, 1.807) is 24.3 Å². The summed E-state index contributed by atoms with van der Waals surface area (Å²) in [6, 6.07) is 12.5. The Balaban J connectivity index is 1.47. The van der Waals surface area contributed by atoms with Crippen molar-refractivity contribution in [2.24, 2.45) is 0 Å². The van der Waals surface area contributed by atoms with E-state index in [2.05, 4.69) is 5.10 Å². The molecule has 1 aliphatic heterocycles. The highest BCUT2D eigenvalue weighted by atomic mass is 16.7. The van der Waals surface area contributed by atoms with Gasteiger partial charge in [-0.2, -0.15) is 5.10 Å². The highest BCUT2D eigenvalue weighted by Crippen LogP contribution is 2.35. The van der Waals surface area contributed by atoms with E-state index in [1.165, 1.54) is 4.68 Å². The average molecular weight is 354 g/mol. The number of hydrogen-bond acceptors (Lipinski definition) is 6. The fourth-order valence-electron chi connectivity index (χ4n) is 2.94. The monoisotopic (exact) mass is 354 g/mol. The summed E-state index contributed by atoms with van der Waals surface area (Å²) in [6.45, 7) is 2.11. The molecule has 1 atom stereocenters. The van der Waals surface area contributed by atoms with Gasteiger partial charge < -0.3 is 19.3 Å². The largest absolute Gasteiger partial charge is 0.491 e. The normalized spacial score (nSPS) is 13.8. The minimum absolute atomic E-state index is 0.0274. The Hall–Kier alpha value is -3.06. The van der Waals surface area contributed by atoms with Crippen LogP contribution in [0.15, 0.2) is 47.3 Å². The standard InChI is InChI=1S/C19H18N2O5/c1-12-15-4-2-3-5-16(15)19(23)21(20-12)9-13(22)10-24-14-6-7-17-18(8-14)26-11-25-17/h2-8,13,22H,9-11H2,1H3. The molecule has 0 amide bonds. The minimum atomic E-state index is -0.883. The van der Waals surface area contributed by atoms with Gasteiger partial charge in [0.2, 0.25) is 6.79 Å². The highest BCUT2D eigenvalue weighted by molar-refractivity contribution is 5.83. The zero-order valence-electron chi connectivity index (χ0n) is 14.2. The van der Waals surface area contributed by atoms with Gasteiger partial charge in [0.1, 0.15) is 18.5 Å². The Labute approximate surface area is 149 Å². The third-order valence-electron chi connectivity index (χ3n) is 4.22. The number of ether oxygens (including phenoxy) is 3. The van der Waals surface area contributed by atoms with Gasteiger partial charge in [0.25, 0.3) is 5.56 Å². The van der Waals surface area contributed by atoms with Crippen LogP contribution in [0.25, 0.3) is 10.8 Å². The lowest BCUT2D eigenvalue weighted by Crippen LogP contribution is -2.32. The van der Waals surface area contributed by atoms with E-state index in [0.717, 1.165) is 11.1 Å². The third kappa shape index (κ3) is 3.09. The Morgan fingerprint density at radius 2 is 1.96 bits per heavy atom. The Bertz CT molecular complexity index is 1010. The van der Waals surface area contributed by atoms with Crippen molar-refractivity contribution in [1.29, 1.82) is 0 Å². The van der Waals surface area contributed by atoms with E-state index in [-0.39, 0.29) is 25.5 Å². The van der Waals surface area contributed by atoms with Gasteiger partial charge in [-0.05, 0) is 25.1 Å². The molecule has 7 nitrogen and oxygen atoms in total. The van der Waals surface area contributed by atoms with E-state index in [0.29, 0.717) is 22.6 Å². The molecule has 2 heterocycles. The number of aromatic nitrogens is 2. The molecule has 0 bridgehead atoms. The van der Waals surface area contributed by atoms with E-state index in [9.17, 15) is 9.90 Å². The predicted molar refractivity (Wildman–Crippen MR) is 94.8 cm³/mol. The van der Waals surface area contributed by atoms with Crippen LogP contribution in [0, 0.1) is 6.92 Å². The molecule has 7 heteroatoms. The molecule has 0 aliphatic carbocycles. The lowest BCUT2D eigenvalue weighted by Gasteiger charge is -2.14. The summed E-state index contributed by atoms with van der Waals surface area (Å²) < 4.78 is 17.4. The number of benzene rings is 2. The van der Waals surface area contributed by atoms with Crippen molar-refractivity contribution in [1.82, 2.24) is 9.78 Å². The van der Waals surface area contributed by atoms with Crippen LogP contribution in [-0.2, 0) is 6.54 Å². The van der Waals surface area contributed by atoms with Gasteiger partial charge in [-0.1, -0.05) is 18.2 Å². The molecule has 1 N–H and O–H groups in total. The quantitative estimate of drug-likeness (QED) is 0.753. The topological polar surface area (TPSA) is 82.8 Å². The van der Waals surface area contributed by atoms with Crippen LogP contribution < -0.4 is 19.8 Å². The second kappa shape index (κ2) is 6.68. The fraction of sp³-hybridized carbons (Fsp3) is 0.263. The zero-order valence-corrected chi connectivity index (χ0v) is 14.2. The molecule has 26 heavy (non-hydrogen) atoms. The number of hydrogen-bond donors (Lipinski definition) is 1. The van der Waals surface area contributed by atoms with Crippen LogP contribution in [0.1, 0.15) is 5.69 Å². The first-order valence-electron chi connectivity index (χ1n) is 8.29. The molecule has 134 valence electrons. The van der Waals surface area contributed by atoms with Crippen LogP contribution in [-0.4, -0.2) is 34.4 Å². The lowest BCUT2D eigenvalue weighted by molar-refractivity contribution is 0.0879. The molecule has 2 aromatic carbocycles. The summed E-state index contributed by atoms with van der Waals surface area (Å²) in [5.41, 5.74) is 0.511. The maximum atomic E-state index is 12.5. The zero-order chi connectivity index (χ0) is 18.1. The molecule has 1 unspecified atom stereocenters. The van der Waals surface area contributed by atoms with E-state index in [1.807, 2.05) is 25.1 Å². The molecule has 1 aliphatic rings. The van der Waals surface area contributed by atoms with Crippen LogP contribution in [0.5, 0.6) is 17.2 Å². The van der Waals surface area contributed by atoms with Gasteiger partial charge in [-0.3, -0.25) is 4.79 Å². The van der Waals surface area contributed by atoms with Crippen LogP contribution in [0.2, 0.25) is 0 Å². The summed E-state index contributed by atoms with van der Waals surface area (Å²) in [4.78, 5) is 12.5. The SMILES string of the molecule is Cc1nn(CC(O)COc2ccc3c(c2)OCO3)c(=O)c2ccccc12. The van der Waals surface area contributed by atoms with Crippen molar-refractivity contribution in [2.75, 3.05) is 13.4 Å². The first kappa shape index (κ1) is 16.4. The number of aliphatic hydroxyl groups is 1. The second-order valence-corrected chi connectivity index (χ2v) is 6.10. The number of aryl methyl sites for hydroxylation is 1. The van der Waals surface area contributed by atoms with Gasteiger partial charge in [-0.15, -0.1) is 0 Å². The molecule has 4 rings (SSSR count). The summed E-state index contributed by atoms with van der Waals surface area (Å²) in [5.74, 6) is 1.84. The van der Waals surface area contributed by atoms with E-state index < -0.39 is 6.10 Å². The fourth-order valence-corrected chi connectivity index (χ4v) is 2.94. The van der Waals surface area contributed by atoms with Gasteiger partial charge in [0, 0.05) is 11.5 Å². The number of fused-ring (bicyclic) bond motifs is 2. The number of rotatable bonds is 5. The van der Waals surface area contributed by atoms with Gasteiger partial charge in [0.15, 0.2) is 11.5 Å². The summed E-state index contributed by atoms with van der Waals surface area (Å²) in [6.07, 6.45) is -0.883. The molecule has 3 aromatic rings. The number of nitrogens with zero attached hydrogens (tertiary/aromatic N) is 2. The highest BCUT2D eigenvalue weighted by Gasteiger charge is 2.15. The average Bonchev–Trinajstić information content (AvgIpc) is 3.12. The van der Waals surface area contributed by atoms with Crippen LogP contribution >= 0.6 is 0 Å². The molecule has 0 saturated heterocycles. The van der Waals surface area contributed by atoms with Crippen molar-refractivity contribution in [3.63, 3.8) is 0 Å². The maximum Gasteiger partial charge on any atom is 0.274 e. The van der Waals surface area contributed by atoms with Gasteiger partial charge in [-0.25, -0.2) is 4.68 Å². The first-order valence-corrected chi connectivity index (χ1v) is 8.29. The van der Waals surface area contributed by atoms with E-state index >= 15 is 0 Å². The lowest BCUT2D eigenvalue weighted by atomic mass is 10.1. The summed E-state index contributed by atoms with van der Waals surface area (Å²) >= 11 is 0. The third-order valence-corrected chi connectivity index (χ3v) is 4.22. The smallest absolute Gasteiger partial charge is 0.274 e. The molecular weight excluding hydrogens is 336 g/mol. The molecule has 0 spiro atoms. The first-order chi connectivity index (χ1) is 12.6. The molecular formula is C19H18N2O5. The van der Waals surface area contributed by atoms with Crippen molar-refractivity contribution in [3.8, 4) is 17.2 Å². The van der Waals surface area contributed by atoms with Crippen LogP contribution in [0.4, 0.5) is 0 Å². The van der Waals surface area contributed by atoms with Crippen molar-refractivity contribution < 1.29 is 19.3 Å². The number of aliphatic hydroxyl groups excluding tert-OH is 1. The minimum Gasteiger partial charge on any atom is -0.491 e. The predicted octanol–water partition coefficient (Wildman–Crippen LogP) is 1.87. The molecule has 0 saturated carbocycles. The summed E-state index contributed by atoms with van der Waals surface area (Å²) in [5, 5.41) is 16.0. The van der Waals surface area contributed by atoms with E-state index in [4.69, 9.17) is 14.2 Å². The molecule has 0 fully saturated rings. The Morgan fingerprint density at radius 1 is 1.19 bits per heavy atom. The van der Waals surface area contributed by atoms with Gasteiger partial charge >= 0.3 is 0 Å². The molecule has 0 radical (unpaired) electrons. The van der Waals surface area contributed by atoms with Crippen LogP contribution in [0.3, 0.4) is 0 Å². The van der Waals surface area contributed by atoms with Crippen molar-refractivity contribution in [2.45, 2.75) is 19.6 Å². The molecule has 1 aromatic heterocycles. The Morgan fingerprint density at radius 3 is 2.81 bits per heavy atom. The summed E-state index contributed by atoms with van der Waals surface area (Å²) in [7, 11) is 0. The Kier molecular flexibility index (Phi) is 4.22. The van der Waals surface area contributed by atoms with Crippen molar-refractivity contribution >= 4 is 10.8 Å².